The first-order chi connectivity index (χ1) is 16.4. The zero-order valence-electron chi connectivity index (χ0n) is 20.0. The van der Waals surface area contributed by atoms with Gasteiger partial charge in [-0.3, -0.25) is 14.2 Å². The first-order valence-electron chi connectivity index (χ1n) is 12.1. The summed E-state index contributed by atoms with van der Waals surface area (Å²) in [6, 6.07) is 4.14. The number of hydrogen-bond donors (Lipinski definition) is 1. The van der Waals surface area contributed by atoms with Gasteiger partial charge < -0.3 is 10.1 Å². The number of carbonyl (C=O) groups excluding carboxylic acids is 1. The number of aryl methyl sites for hydroxylation is 5. The molecule has 3 heterocycles. The lowest BCUT2D eigenvalue weighted by molar-refractivity contribution is -0.113. The molecule has 1 N–H and O–H groups in total. The summed E-state index contributed by atoms with van der Waals surface area (Å²) in [4.78, 5) is 33.6. The van der Waals surface area contributed by atoms with Gasteiger partial charge in [-0.25, -0.2) is 4.98 Å². The van der Waals surface area contributed by atoms with Crippen LogP contribution in [0.4, 0.5) is 5.69 Å². The molecule has 1 fully saturated rings. The van der Waals surface area contributed by atoms with E-state index in [2.05, 4.69) is 24.4 Å². The molecule has 0 spiro atoms. The van der Waals surface area contributed by atoms with Crippen molar-refractivity contribution in [1.29, 1.82) is 0 Å². The standard InChI is InChI=1S/C26H31N3O3S2/c1-15-11-16(2)23(17(3)12-15)27-21(30)14-33-26-28-24-22(19-8-4-5-9-20(19)34-24)25(31)29(26)13-18-7-6-10-32-18/h11-12,18H,4-10,13-14H2,1-3H3,(H,27,30). The van der Waals surface area contributed by atoms with E-state index < -0.39 is 0 Å². The fourth-order valence-electron chi connectivity index (χ4n) is 5.17. The number of ether oxygens (including phenoxy) is 1. The molecule has 1 aromatic carbocycles. The molecule has 0 saturated carbocycles. The minimum absolute atomic E-state index is 0.0213. The van der Waals surface area contributed by atoms with E-state index in [0.717, 1.165) is 65.7 Å². The summed E-state index contributed by atoms with van der Waals surface area (Å²) < 4.78 is 7.60. The third kappa shape index (κ3) is 4.68. The van der Waals surface area contributed by atoms with Crippen LogP contribution in [0.15, 0.2) is 22.1 Å². The van der Waals surface area contributed by atoms with E-state index in [-0.39, 0.29) is 23.3 Å². The maximum atomic E-state index is 13.7. The average molecular weight is 498 g/mol. The maximum Gasteiger partial charge on any atom is 0.263 e. The highest BCUT2D eigenvalue weighted by Crippen LogP contribution is 2.35. The van der Waals surface area contributed by atoms with Gasteiger partial charge in [0.1, 0.15) is 4.83 Å². The van der Waals surface area contributed by atoms with Crippen molar-refractivity contribution in [1.82, 2.24) is 9.55 Å². The molecule has 1 saturated heterocycles. The number of fused-ring (bicyclic) bond motifs is 3. The third-order valence-corrected chi connectivity index (χ3v) is 8.89. The molecule has 2 aromatic heterocycles. The number of thioether (sulfide) groups is 1. The molecule has 180 valence electrons. The normalized spacial score (nSPS) is 17.8. The van der Waals surface area contributed by atoms with E-state index >= 15 is 0 Å². The molecular formula is C26H31N3O3S2. The minimum atomic E-state index is -0.0939. The molecule has 2 aliphatic rings. The van der Waals surface area contributed by atoms with Crippen LogP contribution in [0.25, 0.3) is 10.2 Å². The Hall–Kier alpha value is -2.16. The number of anilines is 1. The van der Waals surface area contributed by atoms with E-state index in [1.54, 1.807) is 15.9 Å². The number of nitrogens with zero attached hydrogens (tertiary/aromatic N) is 2. The number of aromatic nitrogens is 2. The second-order valence-corrected chi connectivity index (χ2v) is 11.5. The highest BCUT2D eigenvalue weighted by atomic mass is 32.2. The Labute approximate surface area is 208 Å². The predicted molar refractivity (Wildman–Crippen MR) is 140 cm³/mol. The van der Waals surface area contributed by atoms with Crippen LogP contribution >= 0.6 is 23.1 Å². The van der Waals surface area contributed by atoms with Gasteiger partial charge in [0, 0.05) is 17.2 Å². The number of rotatable bonds is 6. The minimum Gasteiger partial charge on any atom is -0.376 e. The van der Waals surface area contributed by atoms with Crippen LogP contribution in [0.5, 0.6) is 0 Å². The van der Waals surface area contributed by atoms with Gasteiger partial charge in [-0.2, -0.15) is 0 Å². The van der Waals surface area contributed by atoms with Crippen LogP contribution in [0.3, 0.4) is 0 Å². The second kappa shape index (κ2) is 9.84. The number of nitrogens with one attached hydrogen (secondary N) is 1. The van der Waals surface area contributed by atoms with Crippen molar-refractivity contribution in [2.45, 2.75) is 77.1 Å². The smallest absolute Gasteiger partial charge is 0.263 e. The summed E-state index contributed by atoms with van der Waals surface area (Å²) >= 11 is 2.99. The molecule has 6 nitrogen and oxygen atoms in total. The summed E-state index contributed by atoms with van der Waals surface area (Å²) in [5.41, 5.74) is 5.36. The summed E-state index contributed by atoms with van der Waals surface area (Å²) in [7, 11) is 0. The van der Waals surface area contributed by atoms with Crippen LogP contribution in [-0.2, 0) is 28.9 Å². The first kappa shape index (κ1) is 23.6. The number of amides is 1. The lowest BCUT2D eigenvalue weighted by Gasteiger charge is -2.17. The Morgan fingerprint density at radius 3 is 2.71 bits per heavy atom. The van der Waals surface area contributed by atoms with Crippen LogP contribution in [0.2, 0.25) is 0 Å². The summed E-state index contributed by atoms with van der Waals surface area (Å²) in [5.74, 6) is 0.102. The van der Waals surface area contributed by atoms with Gasteiger partial charge >= 0.3 is 0 Å². The van der Waals surface area contributed by atoms with Gasteiger partial charge in [0.25, 0.3) is 5.56 Å². The fourth-order valence-corrected chi connectivity index (χ4v) is 7.28. The molecule has 0 bridgehead atoms. The van der Waals surface area contributed by atoms with Crippen LogP contribution < -0.4 is 10.9 Å². The zero-order valence-corrected chi connectivity index (χ0v) is 21.7. The van der Waals surface area contributed by atoms with E-state index in [9.17, 15) is 9.59 Å². The van der Waals surface area contributed by atoms with Crippen molar-refractivity contribution in [2.75, 3.05) is 17.7 Å². The summed E-state index contributed by atoms with van der Waals surface area (Å²) in [6.07, 6.45) is 6.27. The zero-order chi connectivity index (χ0) is 23.8. The molecule has 3 aromatic rings. The number of hydrogen-bond acceptors (Lipinski definition) is 6. The molecule has 1 unspecified atom stereocenters. The van der Waals surface area contributed by atoms with Crippen molar-refractivity contribution in [3.63, 3.8) is 0 Å². The lowest BCUT2D eigenvalue weighted by Crippen LogP contribution is -2.29. The number of carbonyl (C=O) groups is 1. The van der Waals surface area contributed by atoms with Crippen LogP contribution in [0.1, 0.15) is 52.8 Å². The molecule has 1 aliphatic heterocycles. The van der Waals surface area contributed by atoms with E-state index in [1.165, 1.54) is 34.2 Å². The van der Waals surface area contributed by atoms with Crippen molar-refractivity contribution in [3.05, 3.63) is 49.6 Å². The molecule has 1 amide bonds. The van der Waals surface area contributed by atoms with Crippen molar-refractivity contribution in [3.8, 4) is 0 Å². The Balaban J connectivity index is 1.43. The fraction of sp³-hybridized carbons (Fsp3) is 0.500. The monoisotopic (exact) mass is 497 g/mol. The quantitative estimate of drug-likeness (QED) is 0.376. The van der Waals surface area contributed by atoms with Gasteiger partial charge in [-0.05, 0) is 76.0 Å². The lowest BCUT2D eigenvalue weighted by atomic mass is 9.97. The first-order valence-corrected chi connectivity index (χ1v) is 13.9. The predicted octanol–water partition coefficient (Wildman–Crippen LogP) is 5.17. The largest absolute Gasteiger partial charge is 0.376 e. The molecule has 8 heteroatoms. The van der Waals surface area contributed by atoms with Crippen molar-refractivity contribution < 1.29 is 9.53 Å². The van der Waals surface area contributed by atoms with Gasteiger partial charge in [0.15, 0.2) is 5.16 Å². The molecule has 1 atom stereocenters. The molecule has 1 aliphatic carbocycles. The number of thiophene rings is 1. The van der Waals surface area contributed by atoms with Gasteiger partial charge in [0.2, 0.25) is 5.91 Å². The van der Waals surface area contributed by atoms with Gasteiger partial charge in [0.05, 0.1) is 23.8 Å². The SMILES string of the molecule is Cc1cc(C)c(NC(=O)CSc2nc3sc4c(c3c(=O)n2CC2CCCO2)CCCC4)c(C)c1. The van der Waals surface area contributed by atoms with E-state index in [1.807, 2.05) is 13.8 Å². The van der Waals surface area contributed by atoms with E-state index in [0.29, 0.717) is 11.7 Å². The molecule has 0 radical (unpaired) electrons. The topological polar surface area (TPSA) is 73.2 Å². The molecular weight excluding hydrogens is 466 g/mol. The summed E-state index contributed by atoms with van der Waals surface area (Å²) in [5, 5.41) is 4.46. The highest BCUT2D eigenvalue weighted by molar-refractivity contribution is 7.99. The van der Waals surface area contributed by atoms with Gasteiger partial charge in [-0.15, -0.1) is 11.3 Å². The second-order valence-electron chi connectivity index (χ2n) is 9.45. The van der Waals surface area contributed by atoms with Gasteiger partial charge in [-0.1, -0.05) is 29.5 Å². The number of benzene rings is 1. The van der Waals surface area contributed by atoms with Crippen molar-refractivity contribution >= 4 is 44.9 Å². The Morgan fingerprint density at radius 1 is 1.21 bits per heavy atom. The summed E-state index contributed by atoms with van der Waals surface area (Å²) in [6.45, 7) is 7.31. The Kier molecular flexibility index (Phi) is 6.82. The maximum absolute atomic E-state index is 13.7. The highest BCUT2D eigenvalue weighted by Gasteiger charge is 2.25. The van der Waals surface area contributed by atoms with Crippen molar-refractivity contribution in [2.24, 2.45) is 0 Å². The third-order valence-electron chi connectivity index (χ3n) is 6.72. The van der Waals surface area contributed by atoms with Crippen LogP contribution in [0, 0.1) is 20.8 Å². The van der Waals surface area contributed by atoms with Crippen LogP contribution in [-0.4, -0.2) is 33.9 Å². The average Bonchev–Trinajstić information content (AvgIpc) is 3.44. The molecule has 34 heavy (non-hydrogen) atoms. The Morgan fingerprint density at radius 2 is 1.97 bits per heavy atom. The molecule has 5 rings (SSSR count). The Bertz CT molecular complexity index is 1280. The van der Waals surface area contributed by atoms with E-state index in [4.69, 9.17) is 9.72 Å².